The number of unbranched alkanes of at least 4 members (excludes halogenated alkanes) is 2. The van der Waals surface area contributed by atoms with E-state index in [0.717, 1.165) is 36.7 Å². The van der Waals surface area contributed by atoms with Crippen molar-refractivity contribution >= 4 is 0 Å². The highest BCUT2D eigenvalue weighted by molar-refractivity contribution is 5.66. The molecule has 2 saturated carbocycles. The zero-order valence-corrected chi connectivity index (χ0v) is 19.9. The van der Waals surface area contributed by atoms with Gasteiger partial charge in [0.05, 0.1) is 0 Å². The van der Waals surface area contributed by atoms with Gasteiger partial charge in [0.25, 0.3) is 0 Å². The van der Waals surface area contributed by atoms with E-state index in [1.54, 1.807) is 6.07 Å². The van der Waals surface area contributed by atoms with Gasteiger partial charge in [0, 0.05) is 5.56 Å². The maximum atomic E-state index is 15.0. The largest absolute Gasteiger partial charge is 0.573 e. The van der Waals surface area contributed by atoms with Crippen LogP contribution < -0.4 is 4.74 Å². The summed E-state index contributed by atoms with van der Waals surface area (Å²) in [6, 6.07) is 5.96. The van der Waals surface area contributed by atoms with E-state index in [1.165, 1.54) is 57.1 Å². The van der Waals surface area contributed by atoms with E-state index in [-0.39, 0.29) is 17.0 Å². The molecule has 7 heteroatoms. The van der Waals surface area contributed by atoms with Crippen molar-refractivity contribution in [1.29, 1.82) is 0 Å². The Hall–Kier alpha value is -2.18. The average molecular weight is 499 g/mol. The van der Waals surface area contributed by atoms with Gasteiger partial charge in [0.15, 0.2) is 11.6 Å². The van der Waals surface area contributed by atoms with Gasteiger partial charge in [-0.15, -0.1) is 13.2 Å². The second kappa shape index (κ2) is 10.8. The lowest BCUT2D eigenvalue weighted by atomic mass is 9.63. The highest BCUT2D eigenvalue weighted by Gasteiger charge is 2.36. The molecule has 0 N–H and O–H groups in total. The lowest BCUT2D eigenvalue weighted by molar-refractivity contribution is -0.276. The number of hydrogen-bond acceptors (Lipinski definition) is 1. The molecule has 2 aromatic carbocycles. The van der Waals surface area contributed by atoms with Crippen molar-refractivity contribution in [1.82, 2.24) is 0 Å². The quantitative estimate of drug-likeness (QED) is 0.273. The predicted molar refractivity (Wildman–Crippen MR) is 123 cm³/mol. The topological polar surface area (TPSA) is 9.23 Å². The number of rotatable bonds is 7. The minimum Gasteiger partial charge on any atom is -0.399 e. The van der Waals surface area contributed by atoms with Crippen molar-refractivity contribution in [2.45, 2.75) is 83.4 Å². The summed E-state index contributed by atoms with van der Waals surface area (Å²) in [5.74, 6) is -2.78. The van der Waals surface area contributed by atoms with Crippen LogP contribution in [0.25, 0.3) is 11.1 Å². The molecular formula is C28H32F6O. The maximum Gasteiger partial charge on any atom is 0.573 e. The molecule has 0 bridgehead atoms. The fourth-order valence-electron chi connectivity index (χ4n) is 6.18. The van der Waals surface area contributed by atoms with Gasteiger partial charge in [0.2, 0.25) is 5.75 Å². The summed E-state index contributed by atoms with van der Waals surface area (Å²) < 4.78 is 83.8. The summed E-state index contributed by atoms with van der Waals surface area (Å²) in [7, 11) is 0. The Kier molecular flexibility index (Phi) is 8.02. The average Bonchev–Trinajstić information content (AvgIpc) is 2.80. The molecule has 192 valence electrons. The van der Waals surface area contributed by atoms with Crippen LogP contribution in [0.15, 0.2) is 30.3 Å². The van der Waals surface area contributed by atoms with E-state index in [0.29, 0.717) is 18.1 Å². The molecule has 2 fully saturated rings. The lowest BCUT2D eigenvalue weighted by Gasteiger charge is -2.42. The minimum atomic E-state index is -5.23. The first-order valence-electron chi connectivity index (χ1n) is 12.7. The number of fused-ring (bicyclic) bond motifs is 1. The second-order valence-electron chi connectivity index (χ2n) is 10.3. The summed E-state index contributed by atoms with van der Waals surface area (Å²) in [4.78, 5) is 0. The van der Waals surface area contributed by atoms with Crippen LogP contribution in [-0.2, 0) is 0 Å². The van der Waals surface area contributed by atoms with Crippen LogP contribution in [0.2, 0.25) is 0 Å². The van der Waals surface area contributed by atoms with Crippen molar-refractivity contribution in [2.75, 3.05) is 0 Å². The minimum absolute atomic E-state index is 0.0635. The number of benzene rings is 2. The summed E-state index contributed by atoms with van der Waals surface area (Å²) in [5, 5.41) is 0. The standard InChI is InChI=1S/C28H32F6O/c1-2-3-4-5-17-6-7-19-13-20(9-8-18(19)12-17)21-10-11-23(24(29)14-21)22-15-25(30)27(26(31)16-22)35-28(32,33)34/h10-11,14-20H,2-9,12-13H2,1H3. The van der Waals surface area contributed by atoms with E-state index in [4.69, 9.17) is 0 Å². The van der Waals surface area contributed by atoms with Gasteiger partial charge in [-0.25, -0.2) is 13.2 Å². The number of ether oxygens (including phenoxy) is 1. The van der Waals surface area contributed by atoms with Crippen LogP contribution in [0, 0.1) is 35.2 Å². The number of halogens is 6. The van der Waals surface area contributed by atoms with Crippen molar-refractivity contribution in [3.63, 3.8) is 0 Å². The molecular weight excluding hydrogens is 466 g/mol. The van der Waals surface area contributed by atoms with Crippen LogP contribution in [0.4, 0.5) is 26.3 Å². The Morgan fingerprint density at radius 2 is 1.51 bits per heavy atom. The molecule has 4 atom stereocenters. The zero-order chi connectivity index (χ0) is 25.2. The Bertz CT molecular complexity index is 994. The van der Waals surface area contributed by atoms with Gasteiger partial charge in [-0.05, 0) is 85.1 Å². The monoisotopic (exact) mass is 498 g/mol. The van der Waals surface area contributed by atoms with Crippen molar-refractivity contribution in [3.8, 4) is 16.9 Å². The van der Waals surface area contributed by atoms with E-state index in [9.17, 15) is 22.0 Å². The highest BCUT2D eigenvalue weighted by atomic mass is 19.4. The fourth-order valence-corrected chi connectivity index (χ4v) is 6.18. The molecule has 0 spiro atoms. The fraction of sp³-hybridized carbons (Fsp3) is 0.571. The van der Waals surface area contributed by atoms with E-state index >= 15 is 4.39 Å². The molecule has 2 aliphatic rings. The first-order chi connectivity index (χ1) is 16.6. The Balaban J connectivity index is 1.43. The van der Waals surface area contributed by atoms with Crippen LogP contribution in [0.5, 0.6) is 5.75 Å². The molecule has 2 aliphatic carbocycles. The van der Waals surface area contributed by atoms with E-state index < -0.39 is 29.6 Å². The predicted octanol–water partition coefficient (Wildman–Crippen LogP) is 9.55. The van der Waals surface area contributed by atoms with E-state index in [1.807, 2.05) is 0 Å². The first-order valence-corrected chi connectivity index (χ1v) is 12.7. The van der Waals surface area contributed by atoms with Crippen LogP contribution in [0.3, 0.4) is 0 Å². The number of hydrogen-bond donors (Lipinski definition) is 0. The first kappa shape index (κ1) is 25.9. The molecule has 4 unspecified atom stereocenters. The summed E-state index contributed by atoms with van der Waals surface area (Å²) in [6.07, 6.45) is 6.93. The van der Waals surface area contributed by atoms with Gasteiger partial charge in [-0.2, -0.15) is 0 Å². The highest BCUT2D eigenvalue weighted by Crippen LogP contribution is 2.48. The van der Waals surface area contributed by atoms with Crippen molar-refractivity contribution in [2.24, 2.45) is 17.8 Å². The molecule has 1 nitrogen and oxygen atoms in total. The van der Waals surface area contributed by atoms with Crippen molar-refractivity contribution in [3.05, 3.63) is 53.3 Å². The zero-order valence-electron chi connectivity index (χ0n) is 19.9. The van der Waals surface area contributed by atoms with Crippen LogP contribution in [0.1, 0.15) is 82.6 Å². The molecule has 0 heterocycles. The molecule has 0 radical (unpaired) electrons. The summed E-state index contributed by atoms with van der Waals surface area (Å²) >= 11 is 0. The van der Waals surface area contributed by atoms with Gasteiger partial charge >= 0.3 is 6.36 Å². The van der Waals surface area contributed by atoms with E-state index in [2.05, 4.69) is 11.7 Å². The van der Waals surface area contributed by atoms with Crippen molar-refractivity contribution < 1.29 is 31.1 Å². The molecule has 0 saturated heterocycles. The van der Waals surface area contributed by atoms with Crippen LogP contribution in [-0.4, -0.2) is 6.36 Å². The smallest absolute Gasteiger partial charge is 0.399 e. The SMILES string of the molecule is CCCCCC1CCC2CC(c3ccc(-c4cc(F)c(OC(F)(F)F)c(F)c4)c(F)c3)CCC2C1. The molecule has 35 heavy (non-hydrogen) atoms. The third-order valence-corrected chi connectivity index (χ3v) is 7.93. The van der Waals surface area contributed by atoms with Gasteiger partial charge in [-0.3, -0.25) is 0 Å². The maximum absolute atomic E-state index is 15.0. The van der Waals surface area contributed by atoms with Crippen LogP contribution >= 0.6 is 0 Å². The van der Waals surface area contributed by atoms with Gasteiger partial charge in [0.1, 0.15) is 5.82 Å². The summed E-state index contributed by atoms with van der Waals surface area (Å²) in [5.41, 5.74) is 0.628. The third kappa shape index (κ3) is 6.34. The Morgan fingerprint density at radius 3 is 2.17 bits per heavy atom. The van der Waals surface area contributed by atoms with Gasteiger partial charge in [-0.1, -0.05) is 51.2 Å². The number of alkyl halides is 3. The Morgan fingerprint density at radius 1 is 0.829 bits per heavy atom. The molecule has 0 aliphatic heterocycles. The molecule has 0 amide bonds. The molecule has 0 aromatic heterocycles. The van der Waals surface area contributed by atoms with Gasteiger partial charge < -0.3 is 4.74 Å². The lowest BCUT2D eigenvalue weighted by Crippen LogP contribution is -2.30. The molecule has 4 rings (SSSR count). The third-order valence-electron chi connectivity index (χ3n) is 7.93. The molecule has 2 aromatic rings. The summed E-state index contributed by atoms with van der Waals surface area (Å²) in [6.45, 7) is 2.23. The second-order valence-corrected chi connectivity index (χ2v) is 10.3. The Labute approximate surface area is 202 Å². The normalized spacial score (nSPS) is 24.8.